The molecule has 3 rings (SSSR count). The van der Waals surface area contributed by atoms with Crippen molar-refractivity contribution in [1.82, 2.24) is 8.86 Å². The molecule has 0 spiro atoms. The molecule has 106 valence electrons. The molecule has 21 heavy (non-hydrogen) atoms. The smallest absolute Gasteiger partial charge is 0.273 e. The van der Waals surface area contributed by atoms with Crippen LogP contribution in [-0.2, 0) is 0 Å². The average Bonchev–Trinajstić information content (AvgIpc) is 2.84. The highest BCUT2D eigenvalue weighted by Crippen LogP contribution is 2.20. The minimum absolute atomic E-state index is 0.0257. The van der Waals surface area contributed by atoms with Crippen LogP contribution in [0.15, 0.2) is 53.3 Å². The maximum atomic E-state index is 12.4. The molecule has 0 radical (unpaired) electrons. The summed E-state index contributed by atoms with van der Waals surface area (Å²) in [5.41, 5.74) is 1.36. The van der Waals surface area contributed by atoms with Crippen LogP contribution in [0, 0.1) is 0 Å². The molecule has 0 unspecified atom stereocenters. The van der Waals surface area contributed by atoms with Crippen molar-refractivity contribution in [3.63, 3.8) is 0 Å². The summed E-state index contributed by atoms with van der Waals surface area (Å²) < 4.78 is 2.60. The van der Waals surface area contributed by atoms with Crippen molar-refractivity contribution in [2.24, 2.45) is 0 Å². The quantitative estimate of drug-likeness (QED) is 0.730. The van der Waals surface area contributed by atoms with Crippen molar-refractivity contribution >= 4 is 27.5 Å². The van der Waals surface area contributed by atoms with Crippen LogP contribution in [0.25, 0.3) is 15.8 Å². The first kappa shape index (κ1) is 13.6. The first-order valence-electron chi connectivity index (χ1n) is 6.51. The van der Waals surface area contributed by atoms with E-state index in [-0.39, 0.29) is 11.5 Å². The van der Waals surface area contributed by atoms with Crippen LogP contribution in [-0.4, -0.2) is 28.9 Å². The Hall–Kier alpha value is -2.40. The van der Waals surface area contributed by atoms with Crippen LogP contribution in [0.1, 0.15) is 10.4 Å². The number of fused-ring (bicyclic) bond motifs is 1. The van der Waals surface area contributed by atoms with Gasteiger partial charge in [-0.05, 0) is 36.4 Å². The lowest BCUT2D eigenvalue weighted by Gasteiger charge is -2.10. The molecule has 4 nitrogen and oxygen atoms in total. The third-order valence-corrected chi connectivity index (χ3v) is 4.36. The first-order chi connectivity index (χ1) is 10.1. The predicted octanol–water partition coefficient (Wildman–Crippen LogP) is 2.75. The summed E-state index contributed by atoms with van der Waals surface area (Å²) >= 11 is 1.41. The van der Waals surface area contributed by atoms with Gasteiger partial charge >= 0.3 is 0 Å². The zero-order valence-electron chi connectivity index (χ0n) is 11.7. The number of hydrogen-bond acceptors (Lipinski definition) is 3. The fraction of sp³-hybridized carbons (Fsp3) is 0.125. The third-order valence-electron chi connectivity index (χ3n) is 3.25. The molecule has 5 heteroatoms. The molecular formula is C16H14N2O2S. The average molecular weight is 298 g/mol. The summed E-state index contributed by atoms with van der Waals surface area (Å²) in [7, 11) is 3.43. The van der Waals surface area contributed by atoms with E-state index >= 15 is 0 Å². The molecule has 0 saturated carbocycles. The van der Waals surface area contributed by atoms with Crippen LogP contribution in [0.3, 0.4) is 0 Å². The summed E-state index contributed by atoms with van der Waals surface area (Å²) in [6.07, 6.45) is 0. The van der Waals surface area contributed by atoms with E-state index in [1.54, 1.807) is 42.3 Å². The zero-order chi connectivity index (χ0) is 15.0. The Kier molecular flexibility index (Phi) is 3.35. The molecule has 0 aliphatic rings. The summed E-state index contributed by atoms with van der Waals surface area (Å²) in [6, 6.07) is 14.6. The molecule has 0 atom stereocenters. The third kappa shape index (κ3) is 2.36. The van der Waals surface area contributed by atoms with Crippen molar-refractivity contribution in [2.75, 3.05) is 14.1 Å². The van der Waals surface area contributed by atoms with Gasteiger partial charge in [0.05, 0.1) is 15.8 Å². The number of rotatable bonds is 2. The van der Waals surface area contributed by atoms with Crippen LogP contribution in [0.2, 0.25) is 0 Å². The van der Waals surface area contributed by atoms with Gasteiger partial charge in [-0.25, -0.2) is 3.96 Å². The van der Waals surface area contributed by atoms with E-state index in [1.165, 1.54) is 16.4 Å². The van der Waals surface area contributed by atoms with Gasteiger partial charge in [-0.2, -0.15) is 0 Å². The number of carbonyl (C=O) groups is 1. The van der Waals surface area contributed by atoms with Gasteiger partial charge in [0.15, 0.2) is 0 Å². The van der Waals surface area contributed by atoms with Crippen molar-refractivity contribution < 1.29 is 4.79 Å². The molecule has 0 aliphatic carbocycles. The van der Waals surface area contributed by atoms with E-state index in [0.29, 0.717) is 5.56 Å². The van der Waals surface area contributed by atoms with Gasteiger partial charge in [-0.15, -0.1) is 0 Å². The highest BCUT2D eigenvalue weighted by atomic mass is 32.1. The van der Waals surface area contributed by atoms with Gasteiger partial charge in [-0.1, -0.05) is 23.7 Å². The summed E-state index contributed by atoms with van der Waals surface area (Å²) in [5.74, 6) is -0.0507. The summed E-state index contributed by atoms with van der Waals surface area (Å²) in [4.78, 5) is 25.7. The number of hydrogen-bond donors (Lipinski definition) is 0. The largest absolute Gasteiger partial charge is 0.345 e. The maximum Gasteiger partial charge on any atom is 0.273 e. The van der Waals surface area contributed by atoms with Crippen molar-refractivity contribution in [3.05, 3.63) is 64.4 Å². The lowest BCUT2D eigenvalue weighted by Crippen LogP contribution is -2.21. The van der Waals surface area contributed by atoms with Gasteiger partial charge in [0, 0.05) is 19.7 Å². The van der Waals surface area contributed by atoms with Crippen LogP contribution in [0.5, 0.6) is 0 Å². The predicted molar refractivity (Wildman–Crippen MR) is 85.4 cm³/mol. The van der Waals surface area contributed by atoms with Gasteiger partial charge in [0.25, 0.3) is 11.5 Å². The second-order valence-electron chi connectivity index (χ2n) is 4.93. The number of aromatic nitrogens is 1. The van der Waals surface area contributed by atoms with Crippen molar-refractivity contribution in [3.8, 4) is 5.69 Å². The Bertz CT molecular complexity index is 860. The van der Waals surface area contributed by atoms with E-state index in [1.807, 2.05) is 24.3 Å². The molecule has 3 aromatic rings. The molecule has 0 saturated heterocycles. The van der Waals surface area contributed by atoms with Gasteiger partial charge in [0.1, 0.15) is 0 Å². The molecule has 1 aromatic heterocycles. The molecule has 2 aromatic carbocycles. The molecule has 1 heterocycles. The number of nitrogens with zero attached hydrogens (tertiary/aromatic N) is 2. The molecule has 0 fully saturated rings. The fourth-order valence-corrected chi connectivity index (χ4v) is 3.14. The van der Waals surface area contributed by atoms with Crippen LogP contribution >= 0.6 is 11.5 Å². The molecular weight excluding hydrogens is 284 g/mol. The zero-order valence-corrected chi connectivity index (χ0v) is 12.6. The topological polar surface area (TPSA) is 42.3 Å². The van der Waals surface area contributed by atoms with E-state index < -0.39 is 0 Å². The fourth-order valence-electron chi connectivity index (χ4n) is 2.14. The Balaban J connectivity index is 2.05. The second kappa shape index (κ2) is 5.18. The van der Waals surface area contributed by atoms with Gasteiger partial charge in [0.2, 0.25) is 0 Å². The highest BCUT2D eigenvalue weighted by molar-refractivity contribution is 7.14. The number of carbonyl (C=O) groups excluding carboxylic acids is 1. The highest BCUT2D eigenvalue weighted by Gasteiger charge is 2.11. The van der Waals surface area contributed by atoms with Crippen molar-refractivity contribution in [1.29, 1.82) is 0 Å². The first-order valence-corrected chi connectivity index (χ1v) is 7.28. The monoisotopic (exact) mass is 298 g/mol. The van der Waals surface area contributed by atoms with Crippen LogP contribution < -0.4 is 5.56 Å². The minimum atomic E-state index is -0.0507. The van der Waals surface area contributed by atoms with E-state index in [0.717, 1.165) is 15.8 Å². The minimum Gasteiger partial charge on any atom is -0.345 e. The lowest BCUT2D eigenvalue weighted by atomic mass is 10.2. The van der Waals surface area contributed by atoms with E-state index in [2.05, 4.69) is 0 Å². The molecule has 0 bridgehead atoms. The Morgan fingerprint density at radius 2 is 1.71 bits per heavy atom. The van der Waals surface area contributed by atoms with Gasteiger partial charge in [-0.3, -0.25) is 9.59 Å². The Morgan fingerprint density at radius 3 is 2.33 bits per heavy atom. The summed E-state index contributed by atoms with van der Waals surface area (Å²) in [5, 5.41) is 0.718. The van der Waals surface area contributed by atoms with Crippen molar-refractivity contribution in [2.45, 2.75) is 0 Å². The normalized spacial score (nSPS) is 10.8. The van der Waals surface area contributed by atoms with Gasteiger partial charge < -0.3 is 4.90 Å². The summed E-state index contributed by atoms with van der Waals surface area (Å²) in [6.45, 7) is 0. The van der Waals surface area contributed by atoms with E-state index in [9.17, 15) is 9.59 Å². The Labute approximate surface area is 126 Å². The van der Waals surface area contributed by atoms with Crippen LogP contribution in [0.4, 0.5) is 0 Å². The number of amides is 1. The molecule has 1 amide bonds. The van der Waals surface area contributed by atoms with E-state index in [4.69, 9.17) is 0 Å². The lowest BCUT2D eigenvalue weighted by molar-refractivity contribution is 0.0827. The Morgan fingerprint density at radius 1 is 1.05 bits per heavy atom. The molecule has 0 aliphatic heterocycles. The number of benzene rings is 2. The molecule has 0 N–H and O–H groups in total. The SMILES string of the molecule is CN(C)C(=O)c1ccc(-n2sc3ccccc3c2=O)cc1. The standard InChI is InChI=1S/C16H14N2O2S/c1-17(2)15(19)11-7-9-12(10-8-11)18-16(20)13-5-3-4-6-14(13)21-18/h3-10H,1-2H3. The second-order valence-corrected chi connectivity index (χ2v) is 5.92. The maximum absolute atomic E-state index is 12.4.